The van der Waals surface area contributed by atoms with Crippen molar-refractivity contribution in [3.63, 3.8) is 0 Å². The third-order valence-corrected chi connectivity index (χ3v) is 6.03. The molecule has 0 radical (unpaired) electrons. The molecule has 0 aliphatic heterocycles. The number of alkyl halides is 3. The molecule has 0 saturated heterocycles. The summed E-state index contributed by atoms with van der Waals surface area (Å²) in [6.07, 6.45) is -0.0661. The van der Waals surface area contributed by atoms with Gasteiger partial charge in [-0.05, 0) is 48.0 Å². The molecule has 0 amide bonds. The van der Waals surface area contributed by atoms with E-state index in [1.165, 1.54) is 24.3 Å². The van der Waals surface area contributed by atoms with Gasteiger partial charge in [0.15, 0.2) is 6.19 Å². The fraction of sp³-hybridized carbons (Fsp3) is 0.0952. The van der Waals surface area contributed by atoms with Crippen LogP contribution in [0.15, 0.2) is 81.8 Å². The molecule has 0 atom stereocenters. The molecule has 1 heterocycles. The molecule has 1 aromatic heterocycles. The van der Waals surface area contributed by atoms with Crippen LogP contribution < -0.4 is 10.6 Å². The average Bonchev–Trinajstić information content (AvgIpc) is 2.77. The Morgan fingerprint density at radius 3 is 2.30 bits per heavy atom. The maximum absolute atomic E-state index is 13.6. The van der Waals surface area contributed by atoms with E-state index in [9.17, 15) is 26.0 Å². The monoisotopic (exact) mass is 477 g/mol. The molecule has 33 heavy (non-hydrogen) atoms. The van der Waals surface area contributed by atoms with Crippen LogP contribution in [0.25, 0.3) is 0 Å². The predicted molar refractivity (Wildman–Crippen MR) is 111 cm³/mol. The van der Waals surface area contributed by atoms with Crippen molar-refractivity contribution in [1.82, 2.24) is 10.3 Å². The Balaban J connectivity index is 1.81. The van der Waals surface area contributed by atoms with Gasteiger partial charge in [0.05, 0.1) is 21.9 Å². The minimum absolute atomic E-state index is 0.0562. The summed E-state index contributed by atoms with van der Waals surface area (Å²) in [5, 5.41) is 14.1. The summed E-state index contributed by atoms with van der Waals surface area (Å²) in [6, 6.07) is 9.67. The Morgan fingerprint density at radius 1 is 1.03 bits per heavy atom. The van der Waals surface area contributed by atoms with Gasteiger partial charge in [-0.3, -0.25) is 10.3 Å². The Labute approximate surface area is 186 Å². The number of hydrogen-bond donors (Lipinski definition) is 2. The Bertz CT molecular complexity index is 1300. The van der Waals surface area contributed by atoms with Crippen LogP contribution in [0.1, 0.15) is 11.1 Å². The number of nitrogens with zero attached hydrogens (tertiary/aromatic N) is 3. The van der Waals surface area contributed by atoms with Gasteiger partial charge in [-0.1, -0.05) is 12.1 Å². The second kappa shape index (κ2) is 9.66. The third-order valence-electron chi connectivity index (χ3n) is 4.28. The highest BCUT2D eigenvalue weighted by Gasteiger charge is 2.33. The number of halogens is 4. The lowest BCUT2D eigenvalue weighted by atomic mass is 10.2. The topological polar surface area (TPSA) is 107 Å². The Hall–Kier alpha value is -3.98. The van der Waals surface area contributed by atoms with Crippen LogP contribution >= 0.6 is 0 Å². The van der Waals surface area contributed by atoms with Crippen LogP contribution in [0.3, 0.4) is 0 Å². The van der Waals surface area contributed by atoms with Crippen molar-refractivity contribution in [2.75, 3.05) is 5.32 Å². The molecule has 0 unspecified atom stereocenters. The number of benzene rings is 2. The van der Waals surface area contributed by atoms with Gasteiger partial charge in [-0.15, -0.1) is 0 Å². The Kier molecular flexibility index (Phi) is 6.93. The van der Waals surface area contributed by atoms with Gasteiger partial charge >= 0.3 is 6.18 Å². The summed E-state index contributed by atoms with van der Waals surface area (Å²) in [5.41, 5.74) is -0.217. The fourth-order valence-corrected chi connectivity index (χ4v) is 4.01. The number of nitriles is 1. The van der Waals surface area contributed by atoms with Crippen LogP contribution in [0, 0.1) is 17.3 Å². The van der Waals surface area contributed by atoms with E-state index in [0.717, 1.165) is 0 Å². The van der Waals surface area contributed by atoms with Gasteiger partial charge in [-0.25, -0.2) is 17.8 Å². The van der Waals surface area contributed by atoms with Gasteiger partial charge in [-0.2, -0.15) is 18.4 Å². The molecule has 2 aromatic carbocycles. The molecular formula is C21H15F4N5O2S. The molecule has 170 valence electrons. The highest BCUT2D eigenvalue weighted by molar-refractivity contribution is 7.91. The zero-order chi connectivity index (χ0) is 24.1. The SMILES string of the molecule is N#CNC(=NCc1ccc(S(=O)(=O)c2cc(F)cc(C(F)(F)F)c2)cc1)Nc1ccncc1. The van der Waals surface area contributed by atoms with Crippen molar-refractivity contribution >= 4 is 21.5 Å². The number of aromatic nitrogens is 1. The molecule has 0 aliphatic carbocycles. The number of rotatable bonds is 5. The van der Waals surface area contributed by atoms with Gasteiger partial charge in [0.25, 0.3) is 0 Å². The summed E-state index contributed by atoms with van der Waals surface area (Å²) >= 11 is 0. The van der Waals surface area contributed by atoms with Gasteiger partial charge in [0.1, 0.15) is 5.82 Å². The van der Waals surface area contributed by atoms with Crippen molar-refractivity contribution in [2.24, 2.45) is 4.99 Å². The molecule has 0 saturated carbocycles. The lowest BCUT2D eigenvalue weighted by Gasteiger charge is -2.11. The number of anilines is 1. The van der Waals surface area contributed by atoms with Crippen LogP contribution in [0.5, 0.6) is 0 Å². The molecule has 3 aromatic rings. The first-order valence-electron chi connectivity index (χ1n) is 9.18. The van der Waals surface area contributed by atoms with Gasteiger partial charge in [0.2, 0.25) is 15.8 Å². The fourth-order valence-electron chi connectivity index (χ4n) is 2.70. The smallest absolute Gasteiger partial charge is 0.325 e. The minimum atomic E-state index is -4.90. The zero-order valence-corrected chi connectivity index (χ0v) is 17.5. The molecule has 0 spiro atoms. The quantitative estimate of drug-likeness (QED) is 0.188. The summed E-state index contributed by atoms with van der Waals surface area (Å²) in [6.45, 7) is 0.0562. The van der Waals surface area contributed by atoms with Crippen LogP contribution in [0.4, 0.5) is 23.2 Å². The summed E-state index contributed by atoms with van der Waals surface area (Å²) in [4.78, 5) is 6.97. The average molecular weight is 477 g/mol. The van der Waals surface area contributed by atoms with Gasteiger partial charge in [0, 0.05) is 18.1 Å². The summed E-state index contributed by atoms with van der Waals surface area (Å²) in [5.74, 6) is -1.17. The van der Waals surface area contributed by atoms with Gasteiger partial charge < -0.3 is 5.32 Å². The third kappa shape index (κ3) is 6.05. The molecule has 7 nitrogen and oxygen atoms in total. The number of sulfone groups is 1. The molecule has 2 N–H and O–H groups in total. The molecule has 0 bridgehead atoms. The lowest BCUT2D eigenvalue weighted by Crippen LogP contribution is -2.26. The molecule has 12 heteroatoms. The maximum Gasteiger partial charge on any atom is 0.416 e. The van der Waals surface area contributed by atoms with E-state index in [4.69, 9.17) is 5.26 Å². The number of hydrogen-bond acceptors (Lipinski definition) is 5. The summed E-state index contributed by atoms with van der Waals surface area (Å²) < 4.78 is 77.8. The van der Waals surface area contributed by atoms with E-state index in [1.807, 2.05) is 0 Å². The van der Waals surface area contributed by atoms with Crippen LogP contribution in [-0.2, 0) is 22.6 Å². The number of nitrogens with one attached hydrogen (secondary N) is 2. The Morgan fingerprint density at radius 2 is 1.70 bits per heavy atom. The van der Waals surface area contributed by atoms with Crippen molar-refractivity contribution in [2.45, 2.75) is 22.5 Å². The number of pyridine rings is 1. The first-order chi connectivity index (χ1) is 15.6. The molecular weight excluding hydrogens is 462 g/mol. The first kappa shape index (κ1) is 23.7. The molecule has 0 fully saturated rings. The zero-order valence-electron chi connectivity index (χ0n) is 16.6. The highest BCUT2D eigenvalue weighted by atomic mass is 32.2. The largest absolute Gasteiger partial charge is 0.416 e. The highest BCUT2D eigenvalue weighted by Crippen LogP contribution is 2.33. The van der Waals surface area contributed by atoms with Crippen LogP contribution in [-0.4, -0.2) is 19.4 Å². The van der Waals surface area contributed by atoms with E-state index in [-0.39, 0.29) is 23.5 Å². The van der Waals surface area contributed by atoms with Crippen molar-refractivity contribution in [3.05, 3.63) is 83.9 Å². The maximum atomic E-state index is 13.6. The predicted octanol–water partition coefficient (Wildman–Crippen LogP) is 4.11. The number of aliphatic imine (C=N–C) groups is 1. The van der Waals surface area contributed by atoms with E-state index < -0.39 is 32.3 Å². The molecule has 3 rings (SSSR count). The van der Waals surface area contributed by atoms with Crippen molar-refractivity contribution in [1.29, 1.82) is 5.26 Å². The normalized spacial score (nSPS) is 12.2. The van der Waals surface area contributed by atoms with E-state index in [1.54, 1.807) is 30.7 Å². The summed E-state index contributed by atoms with van der Waals surface area (Å²) in [7, 11) is -4.39. The molecule has 0 aliphatic rings. The first-order valence-corrected chi connectivity index (χ1v) is 10.7. The second-order valence-electron chi connectivity index (χ2n) is 6.58. The van der Waals surface area contributed by atoms with E-state index in [2.05, 4.69) is 20.6 Å². The van der Waals surface area contributed by atoms with Crippen molar-refractivity contribution in [3.8, 4) is 6.19 Å². The van der Waals surface area contributed by atoms with Crippen molar-refractivity contribution < 1.29 is 26.0 Å². The van der Waals surface area contributed by atoms with E-state index >= 15 is 0 Å². The minimum Gasteiger partial charge on any atom is -0.325 e. The lowest BCUT2D eigenvalue weighted by molar-refractivity contribution is -0.137. The van der Waals surface area contributed by atoms with E-state index in [0.29, 0.717) is 23.4 Å². The van der Waals surface area contributed by atoms with Crippen LogP contribution in [0.2, 0.25) is 0 Å². The second-order valence-corrected chi connectivity index (χ2v) is 8.53. The number of guanidine groups is 1. The standard InChI is InChI=1S/C21H15F4N5O2S/c22-16-9-15(21(23,24)25)10-19(11-16)33(31,32)18-3-1-14(2-4-18)12-28-20(29-13-26)30-17-5-7-27-8-6-17/h1-11H,12H2,(H2,27,28,29,30).